The first kappa shape index (κ1) is 20.8. The van der Waals surface area contributed by atoms with Gasteiger partial charge in [-0.3, -0.25) is 4.98 Å². The zero-order chi connectivity index (χ0) is 22.3. The lowest BCUT2D eigenvalue weighted by atomic mass is 9.90. The van der Waals surface area contributed by atoms with Gasteiger partial charge in [-0.05, 0) is 61.1 Å². The van der Waals surface area contributed by atoms with Gasteiger partial charge in [0.1, 0.15) is 5.69 Å². The summed E-state index contributed by atoms with van der Waals surface area (Å²) in [6.07, 6.45) is 0.00982. The van der Waals surface area contributed by atoms with Crippen LogP contribution in [0.5, 0.6) is 0 Å². The van der Waals surface area contributed by atoms with Crippen LogP contribution in [0.15, 0.2) is 66.9 Å². The van der Waals surface area contributed by atoms with E-state index < -0.39 is 11.9 Å². The Morgan fingerprint density at radius 2 is 1.81 bits per heavy atom. The molecule has 1 unspecified atom stereocenters. The summed E-state index contributed by atoms with van der Waals surface area (Å²) < 4.78 is 38.5. The molecule has 0 aliphatic heterocycles. The Morgan fingerprint density at radius 3 is 2.53 bits per heavy atom. The minimum absolute atomic E-state index is 0.229. The van der Waals surface area contributed by atoms with Gasteiger partial charge in [0.25, 0.3) is 0 Å². The van der Waals surface area contributed by atoms with Crippen molar-refractivity contribution in [2.75, 3.05) is 0 Å². The maximum Gasteiger partial charge on any atom is 0.433 e. The van der Waals surface area contributed by atoms with Crippen molar-refractivity contribution in [2.45, 2.75) is 44.4 Å². The van der Waals surface area contributed by atoms with Crippen LogP contribution in [-0.2, 0) is 12.6 Å². The van der Waals surface area contributed by atoms with Crippen LogP contribution < -0.4 is 5.32 Å². The Morgan fingerprint density at radius 1 is 1.03 bits per heavy atom. The zero-order valence-corrected chi connectivity index (χ0v) is 17.7. The molecule has 4 aromatic rings. The third kappa shape index (κ3) is 3.91. The fraction of sp³-hybridized carbons (Fsp3) is 0.269. The number of aromatic nitrogens is 2. The fourth-order valence-electron chi connectivity index (χ4n) is 4.68. The topological polar surface area (TPSA) is 40.7 Å². The number of nitrogens with one attached hydrogen (secondary N) is 2. The number of hydrogen-bond donors (Lipinski definition) is 2. The number of fused-ring (bicyclic) bond motifs is 3. The first-order chi connectivity index (χ1) is 15.4. The van der Waals surface area contributed by atoms with Crippen molar-refractivity contribution in [1.82, 2.24) is 15.3 Å². The molecule has 0 bridgehead atoms. The summed E-state index contributed by atoms with van der Waals surface area (Å²) in [6.45, 7) is 2.18. The van der Waals surface area contributed by atoms with Gasteiger partial charge in [0.2, 0.25) is 0 Å². The second-order valence-electron chi connectivity index (χ2n) is 8.45. The van der Waals surface area contributed by atoms with Crippen molar-refractivity contribution < 1.29 is 13.2 Å². The average Bonchev–Trinajstić information content (AvgIpc) is 3.18. The molecule has 2 aromatic carbocycles. The molecule has 6 heteroatoms. The summed E-state index contributed by atoms with van der Waals surface area (Å²) in [4.78, 5) is 7.22. The van der Waals surface area contributed by atoms with Gasteiger partial charge in [-0.15, -0.1) is 0 Å². The van der Waals surface area contributed by atoms with Gasteiger partial charge in [-0.25, -0.2) is 0 Å². The fourth-order valence-corrected chi connectivity index (χ4v) is 4.68. The van der Waals surface area contributed by atoms with Crippen LogP contribution in [0.3, 0.4) is 0 Å². The van der Waals surface area contributed by atoms with Gasteiger partial charge < -0.3 is 10.3 Å². The quantitative estimate of drug-likeness (QED) is 0.363. The first-order valence-corrected chi connectivity index (χ1v) is 10.9. The molecule has 164 valence electrons. The van der Waals surface area contributed by atoms with E-state index in [0.717, 1.165) is 41.8 Å². The monoisotopic (exact) mass is 435 g/mol. The Hall–Kier alpha value is -3.12. The highest BCUT2D eigenvalue weighted by Crippen LogP contribution is 2.38. The highest BCUT2D eigenvalue weighted by molar-refractivity contribution is 5.89. The summed E-state index contributed by atoms with van der Waals surface area (Å²) in [5, 5.41) is 4.91. The van der Waals surface area contributed by atoms with Gasteiger partial charge in [0.05, 0.1) is 0 Å². The first-order valence-electron chi connectivity index (χ1n) is 10.9. The number of nitrogens with zero attached hydrogens (tertiary/aromatic N) is 1. The van der Waals surface area contributed by atoms with Crippen molar-refractivity contribution in [1.29, 1.82) is 0 Å². The van der Waals surface area contributed by atoms with Crippen LogP contribution in [0.2, 0.25) is 0 Å². The maximum absolute atomic E-state index is 12.8. The van der Waals surface area contributed by atoms with E-state index in [-0.39, 0.29) is 12.1 Å². The molecule has 2 aromatic heterocycles. The van der Waals surface area contributed by atoms with E-state index in [1.165, 1.54) is 29.1 Å². The molecule has 3 nitrogen and oxygen atoms in total. The predicted octanol–water partition coefficient (Wildman–Crippen LogP) is 6.98. The summed E-state index contributed by atoms with van der Waals surface area (Å²) in [6, 6.07) is 19.4. The number of H-pyrrole nitrogens is 1. The Bertz CT molecular complexity index is 1230. The van der Waals surface area contributed by atoms with E-state index in [4.69, 9.17) is 0 Å². The van der Waals surface area contributed by atoms with Gasteiger partial charge in [0, 0.05) is 40.4 Å². The third-order valence-corrected chi connectivity index (χ3v) is 6.35. The number of aromatic amines is 1. The van der Waals surface area contributed by atoms with E-state index in [1.54, 1.807) is 0 Å². The third-order valence-electron chi connectivity index (χ3n) is 6.35. The van der Waals surface area contributed by atoms with E-state index in [9.17, 15) is 13.2 Å². The van der Waals surface area contributed by atoms with Crippen molar-refractivity contribution in [2.24, 2.45) is 0 Å². The van der Waals surface area contributed by atoms with Gasteiger partial charge >= 0.3 is 6.18 Å². The summed E-state index contributed by atoms with van der Waals surface area (Å²) in [5.41, 5.74) is 5.50. The summed E-state index contributed by atoms with van der Waals surface area (Å²) in [7, 11) is 0. The molecule has 2 N–H and O–H groups in total. The molecule has 0 saturated carbocycles. The van der Waals surface area contributed by atoms with Gasteiger partial charge in [-0.2, -0.15) is 13.2 Å². The maximum atomic E-state index is 12.8. The van der Waals surface area contributed by atoms with Crippen LogP contribution >= 0.6 is 0 Å². The van der Waals surface area contributed by atoms with Crippen LogP contribution in [0, 0.1) is 0 Å². The van der Waals surface area contributed by atoms with Crippen molar-refractivity contribution in [3.63, 3.8) is 0 Å². The number of aryl methyl sites for hydroxylation is 1. The number of hydrogen-bond acceptors (Lipinski definition) is 2. The van der Waals surface area contributed by atoms with Crippen LogP contribution in [0.4, 0.5) is 13.2 Å². The molecule has 2 atom stereocenters. The summed E-state index contributed by atoms with van der Waals surface area (Å²) in [5.74, 6) is 0. The van der Waals surface area contributed by atoms with E-state index in [0.29, 0.717) is 5.56 Å². The van der Waals surface area contributed by atoms with E-state index >= 15 is 0 Å². The Balaban J connectivity index is 1.46. The normalized spacial score (nSPS) is 17.3. The Kier molecular flexibility index (Phi) is 5.25. The SMILES string of the molecule is C[C@@H](NC1CCCc2c1[nH]c1ccc(-c3ccc(C(F)(F)F)nc3)cc21)c1ccccc1. The lowest BCUT2D eigenvalue weighted by Crippen LogP contribution is -2.27. The predicted molar refractivity (Wildman–Crippen MR) is 120 cm³/mol. The van der Waals surface area contributed by atoms with Crippen molar-refractivity contribution in [3.05, 3.63) is 89.4 Å². The largest absolute Gasteiger partial charge is 0.433 e. The van der Waals surface area contributed by atoms with Crippen LogP contribution in [0.1, 0.15) is 54.4 Å². The molecule has 0 fully saturated rings. The Labute approximate surface area is 184 Å². The molecule has 1 aliphatic rings. The van der Waals surface area contributed by atoms with Crippen molar-refractivity contribution in [3.8, 4) is 11.1 Å². The zero-order valence-electron chi connectivity index (χ0n) is 17.7. The van der Waals surface area contributed by atoms with Crippen LogP contribution in [-0.4, -0.2) is 9.97 Å². The average molecular weight is 435 g/mol. The number of pyridine rings is 1. The van der Waals surface area contributed by atoms with E-state index in [2.05, 4.69) is 52.5 Å². The highest BCUT2D eigenvalue weighted by atomic mass is 19.4. The molecule has 5 rings (SSSR count). The van der Waals surface area contributed by atoms with Gasteiger partial charge in [0.15, 0.2) is 0 Å². The van der Waals surface area contributed by atoms with Crippen LogP contribution in [0.25, 0.3) is 22.0 Å². The lowest BCUT2D eigenvalue weighted by Gasteiger charge is -2.27. The molecule has 2 heterocycles. The molecule has 0 saturated heterocycles. The summed E-state index contributed by atoms with van der Waals surface area (Å²) >= 11 is 0. The molecule has 0 spiro atoms. The number of rotatable bonds is 4. The minimum atomic E-state index is -4.43. The minimum Gasteiger partial charge on any atom is -0.357 e. The van der Waals surface area contributed by atoms with Crippen molar-refractivity contribution >= 4 is 10.9 Å². The number of alkyl halides is 3. The smallest absolute Gasteiger partial charge is 0.357 e. The highest BCUT2D eigenvalue weighted by Gasteiger charge is 2.32. The molecule has 32 heavy (non-hydrogen) atoms. The number of benzene rings is 2. The van der Waals surface area contributed by atoms with E-state index in [1.807, 2.05) is 18.2 Å². The molecular formula is C26H24F3N3. The second-order valence-corrected chi connectivity index (χ2v) is 8.45. The molecule has 0 amide bonds. The molecular weight excluding hydrogens is 411 g/mol. The second kappa shape index (κ2) is 8.10. The standard InChI is InChI=1S/C26H24F3N3/c1-16(17-6-3-2-4-7-17)31-23-9-5-8-20-21-14-18(10-12-22(21)32-25(20)23)19-11-13-24(30-15-19)26(27,28)29/h2-4,6-7,10-16,23,31-32H,5,8-9H2,1H3/t16-,23?/m1/s1. The number of halogens is 3. The molecule has 1 aliphatic carbocycles. The lowest BCUT2D eigenvalue weighted by molar-refractivity contribution is -0.141. The van der Waals surface area contributed by atoms with Gasteiger partial charge in [-0.1, -0.05) is 42.5 Å². The molecule has 0 radical (unpaired) electrons.